The fraction of sp³-hybridized carbons (Fsp3) is 0.357. The van der Waals surface area contributed by atoms with E-state index in [1.807, 2.05) is 44.4 Å². The second-order valence-corrected chi connectivity index (χ2v) is 6.51. The molecular formula is C14H15ClO2S. The second-order valence-electron chi connectivity index (χ2n) is 5.16. The van der Waals surface area contributed by atoms with Crippen molar-refractivity contribution in [2.45, 2.75) is 32.8 Å². The van der Waals surface area contributed by atoms with Crippen LogP contribution in [0.1, 0.15) is 26.3 Å². The molecule has 0 unspecified atom stereocenters. The number of halogens is 1. The van der Waals surface area contributed by atoms with E-state index in [9.17, 15) is 4.79 Å². The Bertz CT molecular complexity index is 581. The molecule has 0 spiro atoms. The van der Waals surface area contributed by atoms with E-state index in [4.69, 9.17) is 16.3 Å². The maximum Gasteiger partial charge on any atom is 0.310 e. The highest BCUT2D eigenvalue weighted by molar-refractivity contribution is 7.17. The van der Waals surface area contributed by atoms with E-state index in [1.54, 1.807) is 11.3 Å². The van der Waals surface area contributed by atoms with Crippen LogP contribution in [-0.2, 0) is 16.0 Å². The quantitative estimate of drug-likeness (QED) is 0.761. The minimum Gasteiger partial charge on any atom is -0.460 e. The van der Waals surface area contributed by atoms with Crippen molar-refractivity contribution >= 4 is 39.0 Å². The zero-order valence-electron chi connectivity index (χ0n) is 10.6. The lowest BCUT2D eigenvalue weighted by atomic mass is 10.1. The molecule has 0 radical (unpaired) electrons. The predicted molar refractivity (Wildman–Crippen MR) is 76.4 cm³/mol. The normalized spacial score (nSPS) is 11.8. The molecule has 1 heterocycles. The van der Waals surface area contributed by atoms with Gasteiger partial charge in [0.1, 0.15) is 5.60 Å². The zero-order chi connectivity index (χ0) is 13.3. The first-order valence-corrected chi connectivity index (χ1v) is 6.98. The van der Waals surface area contributed by atoms with E-state index >= 15 is 0 Å². The van der Waals surface area contributed by atoms with Crippen molar-refractivity contribution in [3.63, 3.8) is 0 Å². The van der Waals surface area contributed by atoms with Gasteiger partial charge < -0.3 is 4.74 Å². The molecule has 18 heavy (non-hydrogen) atoms. The van der Waals surface area contributed by atoms with Crippen LogP contribution in [0.5, 0.6) is 0 Å². The van der Waals surface area contributed by atoms with Crippen molar-refractivity contribution in [1.29, 1.82) is 0 Å². The van der Waals surface area contributed by atoms with Crippen LogP contribution in [-0.4, -0.2) is 11.6 Å². The minimum atomic E-state index is -0.444. The maximum atomic E-state index is 11.8. The number of ether oxygens (including phenoxy) is 1. The summed E-state index contributed by atoms with van der Waals surface area (Å²) in [4.78, 5) is 11.8. The smallest absolute Gasteiger partial charge is 0.310 e. The number of benzene rings is 1. The third-order valence-electron chi connectivity index (χ3n) is 2.37. The number of rotatable bonds is 2. The number of carbonyl (C=O) groups excluding carboxylic acids is 1. The molecule has 2 nitrogen and oxygen atoms in total. The van der Waals surface area contributed by atoms with Crippen molar-refractivity contribution in [3.8, 4) is 0 Å². The van der Waals surface area contributed by atoms with Gasteiger partial charge in [0.15, 0.2) is 0 Å². The Hall–Kier alpha value is -1.06. The summed E-state index contributed by atoms with van der Waals surface area (Å²) in [5.41, 5.74) is 0.535. The van der Waals surface area contributed by atoms with Crippen LogP contribution in [0.15, 0.2) is 23.6 Å². The Morgan fingerprint density at radius 2 is 2.11 bits per heavy atom. The Morgan fingerprint density at radius 1 is 1.39 bits per heavy atom. The van der Waals surface area contributed by atoms with Gasteiger partial charge >= 0.3 is 5.97 Å². The van der Waals surface area contributed by atoms with Gasteiger partial charge in [-0.25, -0.2) is 0 Å². The molecule has 1 aromatic heterocycles. The standard InChI is InChI=1S/C14H15ClO2S/c1-14(2,3)17-13(16)6-9-8-18-12-5-4-10(15)7-11(9)12/h4-5,7-8H,6H2,1-3H3. The predicted octanol–water partition coefficient (Wildman–Crippen LogP) is 4.44. The highest BCUT2D eigenvalue weighted by Gasteiger charge is 2.17. The van der Waals surface area contributed by atoms with Crippen LogP contribution < -0.4 is 0 Å². The number of carbonyl (C=O) groups is 1. The Balaban J connectivity index is 2.22. The molecule has 0 bridgehead atoms. The van der Waals surface area contributed by atoms with E-state index in [0.717, 1.165) is 15.6 Å². The van der Waals surface area contributed by atoms with Crippen LogP contribution in [0.2, 0.25) is 5.02 Å². The average molecular weight is 283 g/mol. The van der Waals surface area contributed by atoms with E-state index in [-0.39, 0.29) is 12.4 Å². The topological polar surface area (TPSA) is 26.3 Å². The molecular weight excluding hydrogens is 268 g/mol. The van der Waals surface area contributed by atoms with Gasteiger partial charge in [-0.2, -0.15) is 0 Å². The molecule has 1 aromatic carbocycles. The summed E-state index contributed by atoms with van der Waals surface area (Å²) in [6.07, 6.45) is 0.289. The molecule has 0 fully saturated rings. The van der Waals surface area contributed by atoms with E-state index in [1.165, 1.54) is 0 Å². The first kappa shape index (κ1) is 13.4. The number of thiophene rings is 1. The summed E-state index contributed by atoms with van der Waals surface area (Å²) in [6.45, 7) is 5.61. The van der Waals surface area contributed by atoms with Crippen LogP contribution in [0, 0.1) is 0 Å². The van der Waals surface area contributed by atoms with E-state index in [2.05, 4.69) is 0 Å². The lowest BCUT2D eigenvalue weighted by Crippen LogP contribution is -2.24. The Labute approximate surface area is 116 Å². The third-order valence-corrected chi connectivity index (χ3v) is 3.62. The molecule has 96 valence electrons. The van der Waals surface area contributed by atoms with E-state index < -0.39 is 5.60 Å². The van der Waals surface area contributed by atoms with Crippen LogP contribution in [0.4, 0.5) is 0 Å². The van der Waals surface area contributed by atoms with E-state index in [0.29, 0.717) is 5.02 Å². The largest absolute Gasteiger partial charge is 0.460 e. The molecule has 0 aliphatic carbocycles. The van der Waals surface area contributed by atoms with Crippen molar-refractivity contribution in [3.05, 3.63) is 34.2 Å². The van der Waals surface area contributed by atoms with Gasteiger partial charge in [0.2, 0.25) is 0 Å². The molecule has 2 rings (SSSR count). The van der Waals surface area contributed by atoms with Gasteiger partial charge in [-0.1, -0.05) is 11.6 Å². The summed E-state index contributed by atoms with van der Waals surface area (Å²) < 4.78 is 6.46. The SMILES string of the molecule is CC(C)(C)OC(=O)Cc1csc2ccc(Cl)cc12. The van der Waals surface area contributed by atoms with Gasteiger partial charge in [0.05, 0.1) is 6.42 Å². The van der Waals surface area contributed by atoms with Crippen molar-refractivity contribution < 1.29 is 9.53 Å². The van der Waals surface area contributed by atoms with Crippen molar-refractivity contribution in [2.24, 2.45) is 0 Å². The van der Waals surface area contributed by atoms with Gasteiger partial charge in [-0.15, -0.1) is 11.3 Å². The first-order chi connectivity index (χ1) is 8.35. The van der Waals surface area contributed by atoms with Crippen LogP contribution in [0.3, 0.4) is 0 Å². The van der Waals surface area contributed by atoms with Crippen LogP contribution in [0.25, 0.3) is 10.1 Å². The van der Waals surface area contributed by atoms with Gasteiger partial charge in [-0.3, -0.25) is 4.79 Å². The summed E-state index contributed by atoms with van der Waals surface area (Å²) in [7, 11) is 0. The molecule has 0 amide bonds. The highest BCUT2D eigenvalue weighted by atomic mass is 35.5. The van der Waals surface area contributed by atoms with Gasteiger partial charge in [0, 0.05) is 9.72 Å². The fourth-order valence-corrected chi connectivity index (χ4v) is 2.84. The minimum absolute atomic E-state index is 0.206. The lowest BCUT2D eigenvalue weighted by Gasteiger charge is -2.19. The molecule has 0 saturated carbocycles. The fourth-order valence-electron chi connectivity index (χ4n) is 1.72. The monoisotopic (exact) mass is 282 g/mol. The summed E-state index contributed by atoms with van der Waals surface area (Å²) >= 11 is 7.60. The van der Waals surface area contributed by atoms with Crippen molar-refractivity contribution in [1.82, 2.24) is 0 Å². The summed E-state index contributed by atoms with van der Waals surface area (Å²) in [5.74, 6) is -0.206. The Morgan fingerprint density at radius 3 is 2.78 bits per heavy atom. The van der Waals surface area contributed by atoms with Gasteiger partial charge in [-0.05, 0) is 55.3 Å². The molecule has 0 atom stereocenters. The van der Waals surface area contributed by atoms with Crippen molar-refractivity contribution in [2.75, 3.05) is 0 Å². The average Bonchev–Trinajstić information content (AvgIpc) is 2.58. The molecule has 0 aliphatic rings. The second kappa shape index (κ2) is 4.90. The summed E-state index contributed by atoms with van der Waals surface area (Å²) in [5, 5.41) is 3.72. The summed E-state index contributed by atoms with van der Waals surface area (Å²) in [6, 6.07) is 5.73. The number of fused-ring (bicyclic) bond motifs is 1. The Kier molecular flexibility index (Phi) is 3.64. The lowest BCUT2D eigenvalue weighted by molar-refractivity contribution is -0.153. The molecule has 0 N–H and O–H groups in total. The zero-order valence-corrected chi connectivity index (χ0v) is 12.2. The highest BCUT2D eigenvalue weighted by Crippen LogP contribution is 2.29. The number of hydrogen-bond acceptors (Lipinski definition) is 3. The molecule has 2 aromatic rings. The van der Waals surface area contributed by atoms with Gasteiger partial charge in [0.25, 0.3) is 0 Å². The molecule has 0 saturated heterocycles. The third kappa shape index (κ3) is 3.24. The molecule has 4 heteroatoms. The number of esters is 1. The molecule has 0 aliphatic heterocycles. The number of hydrogen-bond donors (Lipinski definition) is 0. The van der Waals surface area contributed by atoms with Crippen LogP contribution >= 0.6 is 22.9 Å². The first-order valence-electron chi connectivity index (χ1n) is 5.72. The maximum absolute atomic E-state index is 11.8.